The van der Waals surface area contributed by atoms with Crippen LogP contribution >= 0.6 is 22.9 Å². The Morgan fingerprint density at radius 1 is 1.33 bits per heavy atom. The average Bonchev–Trinajstić information content (AvgIpc) is 3.25. The highest BCUT2D eigenvalue weighted by Crippen LogP contribution is 2.29. The van der Waals surface area contributed by atoms with Gasteiger partial charge in [0.25, 0.3) is 0 Å². The molecule has 1 aliphatic rings. The van der Waals surface area contributed by atoms with Crippen LogP contribution < -0.4 is 0 Å². The third-order valence-corrected chi connectivity index (χ3v) is 5.21. The fourth-order valence-electron chi connectivity index (χ4n) is 2.65. The molecule has 0 spiro atoms. The van der Waals surface area contributed by atoms with Crippen molar-refractivity contribution in [1.29, 1.82) is 0 Å². The molecule has 0 bridgehead atoms. The molecule has 1 fully saturated rings. The minimum atomic E-state index is -0.0746. The van der Waals surface area contributed by atoms with Crippen LogP contribution in [0.4, 0.5) is 0 Å². The number of aryl methyl sites for hydroxylation is 1. The molecule has 2 heterocycles. The average molecular weight is 401 g/mol. The summed E-state index contributed by atoms with van der Waals surface area (Å²) in [5.74, 6) is 0.755. The van der Waals surface area contributed by atoms with Crippen molar-refractivity contribution in [2.75, 3.05) is 0 Å². The van der Waals surface area contributed by atoms with Crippen LogP contribution in [0.2, 0.25) is 5.02 Å². The summed E-state index contributed by atoms with van der Waals surface area (Å²) >= 11 is 7.46. The molecule has 8 heteroatoms. The molecule has 0 radical (unpaired) electrons. The maximum Gasteiger partial charge on any atom is 0.247 e. The van der Waals surface area contributed by atoms with Crippen LogP contribution in [-0.2, 0) is 11.3 Å². The van der Waals surface area contributed by atoms with Crippen molar-refractivity contribution in [3.8, 4) is 11.5 Å². The zero-order valence-corrected chi connectivity index (χ0v) is 16.2. The zero-order valence-electron chi connectivity index (χ0n) is 14.6. The molecule has 138 valence electrons. The highest BCUT2D eigenvalue weighted by molar-refractivity contribution is 7.09. The first-order valence-electron chi connectivity index (χ1n) is 8.57. The molecule has 3 aromatic rings. The predicted octanol–water partition coefficient (Wildman–Crippen LogP) is 4.36. The summed E-state index contributed by atoms with van der Waals surface area (Å²) in [6.07, 6.45) is 5.29. The molecule has 2 aromatic heterocycles. The van der Waals surface area contributed by atoms with Gasteiger partial charge < -0.3 is 9.32 Å². The fraction of sp³-hybridized carbons (Fsp3) is 0.263. The van der Waals surface area contributed by atoms with Crippen LogP contribution in [0.25, 0.3) is 17.5 Å². The van der Waals surface area contributed by atoms with Crippen molar-refractivity contribution < 1.29 is 9.21 Å². The summed E-state index contributed by atoms with van der Waals surface area (Å²) in [5, 5.41) is 11.7. The molecule has 6 nitrogen and oxygen atoms in total. The highest BCUT2D eigenvalue weighted by atomic mass is 35.5. The van der Waals surface area contributed by atoms with Gasteiger partial charge in [-0.1, -0.05) is 11.6 Å². The number of carbonyl (C=O) groups excluding carboxylic acids is 1. The van der Waals surface area contributed by atoms with E-state index in [9.17, 15) is 4.79 Å². The Bertz CT molecular complexity index is 976. The number of hydrogen-bond donors (Lipinski definition) is 0. The van der Waals surface area contributed by atoms with Crippen LogP contribution in [0.1, 0.15) is 29.4 Å². The summed E-state index contributed by atoms with van der Waals surface area (Å²) in [7, 11) is 0. The van der Waals surface area contributed by atoms with E-state index in [0.717, 1.165) is 29.1 Å². The van der Waals surface area contributed by atoms with E-state index in [-0.39, 0.29) is 11.9 Å². The zero-order chi connectivity index (χ0) is 18.8. The lowest BCUT2D eigenvalue weighted by molar-refractivity contribution is -0.127. The maximum absolute atomic E-state index is 12.6. The molecule has 27 heavy (non-hydrogen) atoms. The van der Waals surface area contributed by atoms with Gasteiger partial charge >= 0.3 is 0 Å². The van der Waals surface area contributed by atoms with Gasteiger partial charge in [0, 0.05) is 28.1 Å². The Morgan fingerprint density at radius 3 is 2.78 bits per heavy atom. The van der Waals surface area contributed by atoms with E-state index >= 15 is 0 Å². The lowest BCUT2D eigenvalue weighted by Crippen LogP contribution is -2.31. The van der Waals surface area contributed by atoms with Crippen molar-refractivity contribution in [1.82, 2.24) is 20.1 Å². The second-order valence-electron chi connectivity index (χ2n) is 6.33. The van der Waals surface area contributed by atoms with Gasteiger partial charge in [0.2, 0.25) is 17.7 Å². The molecule has 1 saturated carbocycles. The molecule has 0 atom stereocenters. The standard InChI is InChI=1S/C19H17ClN4O2S/c1-12-21-15(11-27-12)6-9-18(25)24(16-7-8-16)10-17-22-23-19(26-17)13-2-4-14(20)5-3-13/h2-6,9,11,16H,7-8,10H2,1H3/b9-6+. The van der Waals surface area contributed by atoms with E-state index in [0.29, 0.717) is 23.3 Å². The Balaban J connectivity index is 1.46. The third-order valence-electron chi connectivity index (χ3n) is 4.17. The second-order valence-corrected chi connectivity index (χ2v) is 7.83. The van der Waals surface area contributed by atoms with Gasteiger partial charge in [-0.05, 0) is 50.1 Å². The van der Waals surface area contributed by atoms with Crippen LogP contribution in [0.3, 0.4) is 0 Å². The molecular formula is C19H17ClN4O2S. The largest absolute Gasteiger partial charge is 0.419 e. The van der Waals surface area contributed by atoms with E-state index in [1.54, 1.807) is 40.5 Å². The van der Waals surface area contributed by atoms with Gasteiger partial charge in [0.15, 0.2) is 0 Å². The van der Waals surface area contributed by atoms with Crippen molar-refractivity contribution in [3.63, 3.8) is 0 Å². The van der Waals surface area contributed by atoms with E-state index in [2.05, 4.69) is 15.2 Å². The van der Waals surface area contributed by atoms with Gasteiger partial charge in [-0.2, -0.15) is 0 Å². The van der Waals surface area contributed by atoms with Gasteiger partial charge in [-0.3, -0.25) is 4.79 Å². The Kier molecular flexibility index (Phi) is 5.05. The third kappa shape index (κ3) is 4.43. The predicted molar refractivity (Wildman–Crippen MR) is 104 cm³/mol. The first-order chi connectivity index (χ1) is 13.1. The molecule has 1 amide bonds. The monoisotopic (exact) mass is 400 g/mol. The Morgan fingerprint density at radius 2 is 2.11 bits per heavy atom. The van der Waals surface area contributed by atoms with Gasteiger partial charge in [0.05, 0.1) is 17.2 Å². The number of thiazole rings is 1. The van der Waals surface area contributed by atoms with Crippen molar-refractivity contribution in [2.45, 2.75) is 32.4 Å². The summed E-state index contributed by atoms with van der Waals surface area (Å²) in [6.45, 7) is 2.23. The molecule has 0 N–H and O–H groups in total. The van der Waals surface area contributed by atoms with Crippen molar-refractivity contribution >= 4 is 34.9 Å². The number of halogens is 1. The van der Waals surface area contributed by atoms with Crippen LogP contribution in [-0.4, -0.2) is 32.0 Å². The minimum Gasteiger partial charge on any atom is -0.419 e. The van der Waals surface area contributed by atoms with Crippen molar-refractivity contribution in [2.24, 2.45) is 0 Å². The summed E-state index contributed by atoms with van der Waals surface area (Å²) in [6, 6.07) is 7.41. The van der Waals surface area contributed by atoms with E-state index in [1.807, 2.05) is 24.4 Å². The Hall–Kier alpha value is -2.51. The summed E-state index contributed by atoms with van der Waals surface area (Å²) < 4.78 is 5.74. The fourth-order valence-corrected chi connectivity index (χ4v) is 3.36. The number of amides is 1. The van der Waals surface area contributed by atoms with Gasteiger partial charge in [-0.25, -0.2) is 4.98 Å². The molecular weight excluding hydrogens is 384 g/mol. The molecule has 0 aliphatic heterocycles. The number of aromatic nitrogens is 3. The summed E-state index contributed by atoms with van der Waals surface area (Å²) in [4.78, 5) is 18.7. The van der Waals surface area contributed by atoms with Crippen LogP contribution in [0, 0.1) is 6.92 Å². The number of nitrogens with zero attached hydrogens (tertiary/aromatic N) is 4. The molecule has 4 rings (SSSR count). The van der Waals surface area contributed by atoms with E-state index < -0.39 is 0 Å². The number of carbonyl (C=O) groups is 1. The quantitative estimate of drug-likeness (QED) is 0.575. The van der Waals surface area contributed by atoms with Crippen LogP contribution in [0.15, 0.2) is 40.1 Å². The molecule has 1 aliphatic carbocycles. The normalized spacial score (nSPS) is 14.0. The van der Waals surface area contributed by atoms with E-state index in [1.165, 1.54) is 0 Å². The maximum atomic E-state index is 12.6. The SMILES string of the molecule is Cc1nc(/C=C/C(=O)N(Cc2nnc(-c3ccc(Cl)cc3)o2)C2CC2)cs1. The van der Waals surface area contributed by atoms with Gasteiger partial charge in [0.1, 0.15) is 0 Å². The lowest BCUT2D eigenvalue weighted by atomic mass is 10.2. The number of hydrogen-bond acceptors (Lipinski definition) is 6. The van der Waals surface area contributed by atoms with Crippen LogP contribution in [0.5, 0.6) is 0 Å². The number of benzene rings is 1. The minimum absolute atomic E-state index is 0.0746. The highest BCUT2D eigenvalue weighted by Gasteiger charge is 2.32. The topological polar surface area (TPSA) is 72.1 Å². The molecule has 1 aromatic carbocycles. The van der Waals surface area contributed by atoms with Gasteiger partial charge in [-0.15, -0.1) is 21.5 Å². The molecule has 0 saturated heterocycles. The Labute approximate surface area is 165 Å². The lowest BCUT2D eigenvalue weighted by Gasteiger charge is -2.18. The first kappa shape index (κ1) is 17.9. The smallest absolute Gasteiger partial charge is 0.247 e. The summed E-state index contributed by atoms with van der Waals surface area (Å²) in [5.41, 5.74) is 1.59. The second kappa shape index (κ2) is 7.62. The number of rotatable bonds is 6. The van der Waals surface area contributed by atoms with Crippen molar-refractivity contribution in [3.05, 3.63) is 57.3 Å². The van der Waals surface area contributed by atoms with E-state index in [4.69, 9.17) is 16.0 Å². The molecule has 0 unspecified atom stereocenters. The first-order valence-corrected chi connectivity index (χ1v) is 9.83.